The third kappa shape index (κ3) is 1.88. The van der Waals surface area contributed by atoms with Crippen molar-refractivity contribution in [1.82, 2.24) is 0 Å². The second-order valence-electron chi connectivity index (χ2n) is 2.37. The second-order valence-corrected chi connectivity index (χ2v) is 2.37. The number of nitrogens with one attached hydrogen (secondary N) is 1. The summed E-state index contributed by atoms with van der Waals surface area (Å²) in [6, 6.07) is 9.54. The molecule has 0 radical (unpaired) electrons. The summed E-state index contributed by atoms with van der Waals surface area (Å²) >= 11 is 0. The molecule has 58 valence electrons. The molecular formula is C9H11NO. The van der Waals surface area contributed by atoms with E-state index in [-0.39, 0.29) is 12.5 Å². The van der Waals surface area contributed by atoms with Crippen LogP contribution in [-0.4, -0.2) is 17.9 Å². The van der Waals surface area contributed by atoms with E-state index < -0.39 is 0 Å². The first kappa shape index (κ1) is 7.95. The van der Waals surface area contributed by atoms with Crippen molar-refractivity contribution in [3.63, 3.8) is 0 Å². The van der Waals surface area contributed by atoms with Crippen LogP contribution in [0.4, 0.5) is 0 Å². The van der Waals surface area contributed by atoms with Crippen LogP contribution in [0.3, 0.4) is 0 Å². The van der Waals surface area contributed by atoms with Crippen molar-refractivity contribution in [3.05, 3.63) is 35.9 Å². The second kappa shape index (κ2) is 3.88. The van der Waals surface area contributed by atoms with Crippen molar-refractivity contribution in [2.45, 2.75) is 5.92 Å². The number of rotatable bonds is 3. The van der Waals surface area contributed by atoms with Gasteiger partial charge in [0.2, 0.25) is 0 Å². The standard InChI is InChI=1S/C9H11NO/c10-6-9(7-11)8-4-2-1-3-5-8/h1-6,9-11H,7H2. The molecule has 2 heteroatoms. The number of hydrogen-bond acceptors (Lipinski definition) is 2. The minimum Gasteiger partial charge on any atom is -0.395 e. The van der Waals surface area contributed by atoms with E-state index in [4.69, 9.17) is 10.5 Å². The highest BCUT2D eigenvalue weighted by Gasteiger charge is 2.04. The quantitative estimate of drug-likeness (QED) is 0.627. The minimum absolute atomic E-state index is 0.00745. The molecule has 0 amide bonds. The van der Waals surface area contributed by atoms with E-state index >= 15 is 0 Å². The van der Waals surface area contributed by atoms with E-state index in [0.29, 0.717) is 0 Å². The summed E-state index contributed by atoms with van der Waals surface area (Å²) in [6.07, 6.45) is 1.26. The van der Waals surface area contributed by atoms with Crippen LogP contribution in [0.5, 0.6) is 0 Å². The molecule has 1 atom stereocenters. The third-order valence-corrected chi connectivity index (χ3v) is 1.63. The molecule has 1 unspecified atom stereocenters. The van der Waals surface area contributed by atoms with Crippen molar-refractivity contribution in [1.29, 1.82) is 5.41 Å². The Morgan fingerprint density at radius 3 is 2.45 bits per heavy atom. The highest BCUT2D eigenvalue weighted by molar-refractivity contribution is 5.64. The molecule has 2 nitrogen and oxygen atoms in total. The zero-order chi connectivity index (χ0) is 8.10. The van der Waals surface area contributed by atoms with Crippen molar-refractivity contribution >= 4 is 6.21 Å². The van der Waals surface area contributed by atoms with Gasteiger partial charge in [-0.25, -0.2) is 0 Å². The Morgan fingerprint density at radius 2 is 2.00 bits per heavy atom. The molecular weight excluding hydrogens is 138 g/mol. The molecule has 0 bridgehead atoms. The van der Waals surface area contributed by atoms with E-state index in [0.717, 1.165) is 5.56 Å². The highest BCUT2D eigenvalue weighted by atomic mass is 16.3. The Kier molecular flexibility index (Phi) is 2.81. The van der Waals surface area contributed by atoms with Crippen molar-refractivity contribution in [3.8, 4) is 0 Å². The lowest BCUT2D eigenvalue weighted by Gasteiger charge is -2.06. The average molecular weight is 149 g/mol. The number of hydrogen-bond donors (Lipinski definition) is 2. The van der Waals surface area contributed by atoms with Crippen LogP contribution in [0.1, 0.15) is 11.5 Å². The molecule has 0 aliphatic rings. The molecule has 0 saturated heterocycles. The summed E-state index contributed by atoms with van der Waals surface area (Å²) in [5.74, 6) is -0.142. The van der Waals surface area contributed by atoms with Gasteiger partial charge in [0.25, 0.3) is 0 Å². The molecule has 0 spiro atoms. The molecule has 11 heavy (non-hydrogen) atoms. The monoisotopic (exact) mass is 149 g/mol. The summed E-state index contributed by atoms with van der Waals surface area (Å²) in [4.78, 5) is 0. The van der Waals surface area contributed by atoms with Gasteiger partial charge < -0.3 is 10.5 Å². The summed E-state index contributed by atoms with van der Waals surface area (Å²) < 4.78 is 0. The summed E-state index contributed by atoms with van der Waals surface area (Å²) in [5, 5.41) is 15.8. The molecule has 0 saturated carbocycles. The van der Waals surface area contributed by atoms with E-state index in [1.807, 2.05) is 30.3 Å². The van der Waals surface area contributed by atoms with Crippen molar-refractivity contribution < 1.29 is 5.11 Å². The van der Waals surface area contributed by atoms with Gasteiger partial charge in [0.1, 0.15) is 0 Å². The first-order chi connectivity index (χ1) is 5.38. The SMILES string of the molecule is N=CC(CO)c1ccccc1. The first-order valence-electron chi connectivity index (χ1n) is 3.55. The van der Waals surface area contributed by atoms with E-state index in [1.54, 1.807) is 0 Å². The molecule has 0 aromatic heterocycles. The zero-order valence-corrected chi connectivity index (χ0v) is 6.20. The lowest BCUT2D eigenvalue weighted by Crippen LogP contribution is -2.03. The molecule has 1 aromatic rings. The van der Waals surface area contributed by atoms with Gasteiger partial charge in [0, 0.05) is 12.1 Å². The van der Waals surface area contributed by atoms with Gasteiger partial charge in [-0.3, -0.25) is 0 Å². The lowest BCUT2D eigenvalue weighted by molar-refractivity contribution is 0.291. The van der Waals surface area contributed by atoms with Crippen molar-refractivity contribution in [2.24, 2.45) is 0 Å². The Morgan fingerprint density at radius 1 is 1.36 bits per heavy atom. The molecule has 1 aromatic carbocycles. The normalized spacial score (nSPS) is 12.5. The highest BCUT2D eigenvalue weighted by Crippen LogP contribution is 2.11. The maximum absolute atomic E-state index is 8.83. The van der Waals surface area contributed by atoms with Crippen LogP contribution in [0.15, 0.2) is 30.3 Å². The van der Waals surface area contributed by atoms with E-state index in [2.05, 4.69) is 0 Å². The Balaban J connectivity index is 2.82. The van der Waals surface area contributed by atoms with Gasteiger partial charge in [-0.05, 0) is 5.56 Å². The van der Waals surface area contributed by atoms with Crippen LogP contribution in [0.2, 0.25) is 0 Å². The minimum atomic E-state index is -0.142. The fourth-order valence-electron chi connectivity index (χ4n) is 0.955. The number of benzene rings is 1. The number of aliphatic hydroxyl groups excluding tert-OH is 1. The van der Waals surface area contributed by atoms with Gasteiger partial charge in [-0.15, -0.1) is 0 Å². The van der Waals surface area contributed by atoms with Gasteiger partial charge in [0.15, 0.2) is 0 Å². The Hall–Kier alpha value is -1.15. The van der Waals surface area contributed by atoms with Gasteiger partial charge in [-0.2, -0.15) is 0 Å². The first-order valence-corrected chi connectivity index (χ1v) is 3.55. The van der Waals surface area contributed by atoms with E-state index in [9.17, 15) is 0 Å². The summed E-state index contributed by atoms with van der Waals surface area (Å²) in [5.41, 5.74) is 0.991. The molecule has 0 aliphatic carbocycles. The predicted octanol–water partition coefficient (Wildman–Crippen LogP) is 1.41. The maximum Gasteiger partial charge on any atom is 0.0549 e. The van der Waals surface area contributed by atoms with Gasteiger partial charge in [-0.1, -0.05) is 30.3 Å². The number of aliphatic hydroxyl groups is 1. The van der Waals surface area contributed by atoms with Gasteiger partial charge >= 0.3 is 0 Å². The lowest BCUT2D eigenvalue weighted by atomic mass is 10.0. The molecule has 0 fully saturated rings. The smallest absolute Gasteiger partial charge is 0.0549 e. The molecule has 0 heterocycles. The average Bonchev–Trinajstić information content (AvgIpc) is 2.09. The van der Waals surface area contributed by atoms with Crippen LogP contribution in [0.25, 0.3) is 0 Å². The fraction of sp³-hybridized carbons (Fsp3) is 0.222. The Bertz CT molecular complexity index is 220. The predicted molar refractivity (Wildman–Crippen MR) is 45.1 cm³/mol. The topological polar surface area (TPSA) is 44.1 Å². The summed E-state index contributed by atoms with van der Waals surface area (Å²) in [6.45, 7) is 0.00745. The Labute approximate surface area is 66.0 Å². The zero-order valence-electron chi connectivity index (χ0n) is 6.20. The fourth-order valence-corrected chi connectivity index (χ4v) is 0.955. The van der Waals surface area contributed by atoms with Crippen molar-refractivity contribution in [2.75, 3.05) is 6.61 Å². The molecule has 0 aliphatic heterocycles. The third-order valence-electron chi connectivity index (χ3n) is 1.63. The van der Waals surface area contributed by atoms with Gasteiger partial charge in [0.05, 0.1) is 6.61 Å². The van der Waals surface area contributed by atoms with Crippen LogP contribution < -0.4 is 0 Å². The largest absolute Gasteiger partial charge is 0.395 e. The van der Waals surface area contributed by atoms with Crippen LogP contribution >= 0.6 is 0 Å². The van der Waals surface area contributed by atoms with Crippen LogP contribution in [0, 0.1) is 5.41 Å². The van der Waals surface area contributed by atoms with E-state index in [1.165, 1.54) is 6.21 Å². The van der Waals surface area contributed by atoms with Crippen LogP contribution in [-0.2, 0) is 0 Å². The summed E-state index contributed by atoms with van der Waals surface area (Å²) in [7, 11) is 0. The molecule has 2 N–H and O–H groups in total. The molecule has 1 rings (SSSR count). The maximum atomic E-state index is 8.83.